The Labute approximate surface area is 112 Å². The van der Waals surface area contributed by atoms with E-state index in [4.69, 9.17) is 5.14 Å². The Balaban J connectivity index is 2.53. The van der Waals surface area contributed by atoms with Gasteiger partial charge in [0.25, 0.3) is 5.56 Å². The van der Waals surface area contributed by atoms with Gasteiger partial charge in [0.05, 0.1) is 6.54 Å². The van der Waals surface area contributed by atoms with Crippen molar-refractivity contribution in [2.75, 3.05) is 0 Å². The summed E-state index contributed by atoms with van der Waals surface area (Å²) in [7, 11) is -4.25. The van der Waals surface area contributed by atoms with E-state index in [2.05, 4.69) is 0 Å². The van der Waals surface area contributed by atoms with Crippen LogP contribution in [0.2, 0.25) is 0 Å². The van der Waals surface area contributed by atoms with Gasteiger partial charge in [-0.1, -0.05) is 12.1 Å². The topological polar surface area (TPSA) is 115 Å². The third kappa shape index (κ3) is 3.00. The molecule has 0 spiro atoms. The maximum absolute atomic E-state index is 13.0. The van der Waals surface area contributed by atoms with Crippen LogP contribution in [0.5, 0.6) is 0 Å². The number of nitrogens with one attached hydrogen (secondary N) is 1. The second kappa shape index (κ2) is 5.02. The molecule has 0 unspecified atom stereocenters. The first-order valence-electron chi connectivity index (χ1n) is 5.38. The fourth-order valence-electron chi connectivity index (χ4n) is 1.64. The van der Waals surface area contributed by atoms with E-state index in [0.717, 1.165) is 10.8 Å². The molecule has 1 aromatic carbocycles. The molecule has 106 valence electrons. The highest BCUT2D eigenvalue weighted by molar-refractivity contribution is 7.89. The van der Waals surface area contributed by atoms with Gasteiger partial charge in [-0.15, -0.1) is 0 Å². The standard InChI is InChI=1S/C11H10FN3O4S/c12-8-3-1-2-7(4-8)5-15-6-9(20(13,18)19)10(16)14-11(15)17/h1-4,6H,5H2,(H2,13,18,19)(H,14,16,17). The highest BCUT2D eigenvalue weighted by Crippen LogP contribution is 2.05. The minimum absolute atomic E-state index is 0.101. The molecule has 2 rings (SSSR count). The minimum Gasteiger partial charge on any atom is -0.295 e. The van der Waals surface area contributed by atoms with E-state index in [1.807, 2.05) is 4.98 Å². The minimum atomic E-state index is -4.25. The molecule has 1 heterocycles. The van der Waals surface area contributed by atoms with Crippen molar-refractivity contribution in [3.05, 3.63) is 62.7 Å². The molecule has 0 radical (unpaired) electrons. The molecule has 0 aliphatic carbocycles. The fraction of sp³-hybridized carbons (Fsp3) is 0.0909. The molecule has 0 saturated carbocycles. The largest absolute Gasteiger partial charge is 0.328 e. The summed E-state index contributed by atoms with van der Waals surface area (Å²) in [4.78, 5) is 24.1. The quantitative estimate of drug-likeness (QED) is 0.785. The molecule has 0 atom stereocenters. The van der Waals surface area contributed by atoms with E-state index in [0.29, 0.717) is 5.56 Å². The van der Waals surface area contributed by atoms with Gasteiger partial charge in [-0.2, -0.15) is 0 Å². The average molecular weight is 299 g/mol. The Bertz CT molecular complexity index is 870. The van der Waals surface area contributed by atoms with Gasteiger partial charge < -0.3 is 0 Å². The lowest BCUT2D eigenvalue weighted by Gasteiger charge is -2.07. The predicted octanol–water partition coefficient (Wildman–Crippen LogP) is -0.629. The Hall–Kier alpha value is -2.26. The molecule has 9 heteroatoms. The third-order valence-corrected chi connectivity index (χ3v) is 3.43. The molecule has 3 N–H and O–H groups in total. The van der Waals surface area contributed by atoms with Gasteiger partial charge in [0, 0.05) is 6.20 Å². The van der Waals surface area contributed by atoms with Crippen LogP contribution in [-0.4, -0.2) is 18.0 Å². The van der Waals surface area contributed by atoms with E-state index in [-0.39, 0.29) is 6.54 Å². The van der Waals surface area contributed by atoms with Crippen LogP contribution in [0.25, 0.3) is 0 Å². The van der Waals surface area contributed by atoms with E-state index in [1.54, 1.807) is 6.07 Å². The van der Waals surface area contributed by atoms with Crippen LogP contribution in [0.1, 0.15) is 5.56 Å². The molecule has 0 aliphatic rings. The number of nitrogens with two attached hydrogens (primary N) is 1. The van der Waals surface area contributed by atoms with Crippen molar-refractivity contribution in [1.82, 2.24) is 9.55 Å². The lowest BCUT2D eigenvalue weighted by Crippen LogP contribution is -2.34. The van der Waals surface area contributed by atoms with Gasteiger partial charge in [0.1, 0.15) is 5.82 Å². The zero-order valence-electron chi connectivity index (χ0n) is 10.0. The summed E-state index contributed by atoms with van der Waals surface area (Å²) in [6.45, 7) is -0.101. The van der Waals surface area contributed by atoms with E-state index < -0.39 is 32.0 Å². The SMILES string of the molecule is NS(=O)(=O)c1cn(Cc2cccc(F)c2)c(=O)[nH]c1=O. The van der Waals surface area contributed by atoms with Crippen LogP contribution in [0.4, 0.5) is 4.39 Å². The molecule has 2 aromatic rings. The number of halogens is 1. The van der Waals surface area contributed by atoms with Crippen LogP contribution < -0.4 is 16.4 Å². The lowest BCUT2D eigenvalue weighted by atomic mass is 10.2. The van der Waals surface area contributed by atoms with Gasteiger partial charge in [-0.05, 0) is 17.7 Å². The maximum Gasteiger partial charge on any atom is 0.328 e. The smallest absolute Gasteiger partial charge is 0.295 e. The summed E-state index contributed by atoms with van der Waals surface area (Å²) in [5.74, 6) is -0.494. The van der Waals surface area contributed by atoms with Crippen molar-refractivity contribution in [1.29, 1.82) is 0 Å². The van der Waals surface area contributed by atoms with Crippen molar-refractivity contribution in [2.24, 2.45) is 5.14 Å². The number of primary sulfonamides is 1. The van der Waals surface area contributed by atoms with Crippen LogP contribution >= 0.6 is 0 Å². The van der Waals surface area contributed by atoms with Gasteiger partial charge in [-0.25, -0.2) is 22.7 Å². The molecule has 7 nitrogen and oxygen atoms in total. The first-order chi connectivity index (χ1) is 9.27. The molecule has 0 fully saturated rings. The van der Waals surface area contributed by atoms with Gasteiger partial charge in [0.2, 0.25) is 10.0 Å². The molecule has 0 saturated heterocycles. The normalized spacial score (nSPS) is 11.5. The van der Waals surface area contributed by atoms with Crippen molar-refractivity contribution >= 4 is 10.0 Å². The van der Waals surface area contributed by atoms with Crippen molar-refractivity contribution in [2.45, 2.75) is 11.4 Å². The lowest BCUT2D eigenvalue weighted by molar-refractivity contribution is 0.590. The number of rotatable bonds is 3. The van der Waals surface area contributed by atoms with Gasteiger partial charge >= 0.3 is 5.69 Å². The second-order valence-electron chi connectivity index (χ2n) is 4.06. The number of hydrogen-bond acceptors (Lipinski definition) is 4. The Kier molecular flexibility index (Phi) is 3.55. The van der Waals surface area contributed by atoms with E-state index in [1.165, 1.54) is 18.2 Å². The monoisotopic (exact) mass is 299 g/mol. The number of nitrogens with zero attached hydrogens (tertiary/aromatic N) is 1. The van der Waals surface area contributed by atoms with Gasteiger partial charge in [-0.3, -0.25) is 14.3 Å². The molecule has 0 bridgehead atoms. The number of aromatic amines is 1. The number of H-pyrrole nitrogens is 1. The Morgan fingerprint density at radius 2 is 2.00 bits per heavy atom. The Morgan fingerprint density at radius 1 is 1.30 bits per heavy atom. The second-order valence-corrected chi connectivity index (χ2v) is 5.59. The summed E-state index contributed by atoms with van der Waals surface area (Å²) in [6, 6.07) is 5.42. The number of aromatic nitrogens is 2. The number of hydrogen-bond donors (Lipinski definition) is 2. The summed E-state index contributed by atoms with van der Waals surface area (Å²) in [6.07, 6.45) is 0.835. The number of sulfonamides is 1. The summed E-state index contributed by atoms with van der Waals surface area (Å²) in [5.41, 5.74) is -1.47. The van der Waals surface area contributed by atoms with Crippen LogP contribution in [0.3, 0.4) is 0 Å². The highest BCUT2D eigenvalue weighted by atomic mass is 32.2. The van der Waals surface area contributed by atoms with Crippen molar-refractivity contribution < 1.29 is 12.8 Å². The molecule has 1 aromatic heterocycles. The van der Waals surface area contributed by atoms with E-state index in [9.17, 15) is 22.4 Å². The maximum atomic E-state index is 13.0. The summed E-state index contributed by atoms with van der Waals surface area (Å²) < 4.78 is 36.4. The third-order valence-electron chi connectivity index (χ3n) is 2.53. The van der Waals surface area contributed by atoms with Crippen LogP contribution in [-0.2, 0) is 16.6 Å². The first kappa shape index (κ1) is 14.2. The van der Waals surface area contributed by atoms with Crippen LogP contribution in [0.15, 0.2) is 44.9 Å². The van der Waals surface area contributed by atoms with Gasteiger partial charge in [0.15, 0.2) is 4.90 Å². The number of benzene rings is 1. The highest BCUT2D eigenvalue weighted by Gasteiger charge is 2.15. The molecular weight excluding hydrogens is 289 g/mol. The summed E-state index contributed by atoms with van der Waals surface area (Å²) >= 11 is 0. The Morgan fingerprint density at radius 3 is 2.60 bits per heavy atom. The van der Waals surface area contributed by atoms with Crippen molar-refractivity contribution in [3.63, 3.8) is 0 Å². The fourth-order valence-corrected chi connectivity index (χ4v) is 2.23. The van der Waals surface area contributed by atoms with E-state index >= 15 is 0 Å². The zero-order valence-corrected chi connectivity index (χ0v) is 10.9. The van der Waals surface area contributed by atoms with Crippen molar-refractivity contribution in [3.8, 4) is 0 Å². The predicted molar refractivity (Wildman–Crippen MR) is 68.2 cm³/mol. The first-order valence-corrected chi connectivity index (χ1v) is 6.93. The van der Waals surface area contributed by atoms with Crippen LogP contribution in [0, 0.1) is 5.82 Å². The average Bonchev–Trinajstić information content (AvgIpc) is 2.31. The molecule has 20 heavy (non-hydrogen) atoms. The molecule has 0 aliphatic heterocycles. The zero-order chi connectivity index (χ0) is 14.9. The molecule has 0 amide bonds. The summed E-state index contributed by atoms with van der Waals surface area (Å²) in [5, 5.41) is 4.87. The molecular formula is C11H10FN3O4S.